The van der Waals surface area contributed by atoms with Gasteiger partial charge in [0, 0.05) is 18.2 Å². The monoisotopic (exact) mass is 394 g/mol. The first-order chi connectivity index (χ1) is 13.0. The van der Waals surface area contributed by atoms with Gasteiger partial charge in [-0.05, 0) is 35.0 Å². The van der Waals surface area contributed by atoms with Crippen LogP contribution in [0.25, 0.3) is 5.57 Å². The molecule has 0 radical (unpaired) electrons. The van der Waals surface area contributed by atoms with Crippen molar-refractivity contribution in [3.05, 3.63) is 47.8 Å². The van der Waals surface area contributed by atoms with Gasteiger partial charge in [-0.1, -0.05) is 5.21 Å². The molecule has 0 aliphatic carbocycles. The Morgan fingerprint density at radius 1 is 1.33 bits per heavy atom. The Kier molecular flexibility index (Phi) is 4.83. The van der Waals surface area contributed by atoms with Crippen molar-refractivity contribution in [1.82, 2.24) is 15.0 Å². The molecule has 142 valence electrons. The van der Waals surface area contributed by atoms with Gasteiger partial charge in [0.25, 0.3) is 0 Å². The van der Waals surface area contributed by atoms with Crippen LogP contribution in [0.3, 0.4) is 0 Å². The van der Waals surface area contributed by atoms with Gasteiger partial charge >= 0.3 is 6.09 Å². The summed E-state index contributed by atoms with van der Waals surface area (Å²) in [6.07, 6.45) is 3.94. The number of allylic oxidation sites excluding steroid dienone is 1. The van der Waals surface area contributed by atoms with Crippen LogP contribution < -0.4 is 4.90 Å². The van der Waals surface area contributed by atoms with E-state index in [9.17, 15) is 18.1 Å². The second-order valence-electron chi connectivity index (χ2n) is 6.32. The summed E-state index contributed by atoms with van der Waals surface area (Å²) in [5.41, 5.74) is 0.478. The molecule has 0 N–H and O–H groups in total. The van der Waals surface area contributed by atoms with Crippen molar-refractivity contribution < 1.29 is 22.9 Å². The number of rotatable bonds is 4. The largest absolute Gasteiger partial charge is 0.616 e. The molecule has 10 heteroatoms. The zero-order chi connectivity index (χ0) is 19.0. The molecule has 27 heavy (non-hydrogen) atoms. The Morgan fingerprint density at radius 2 is 2.11 bits per heavy atom. The summed E-state index contributed by atoms with van der Waals surface area (Å²) in [5.74, 6) is -0.833. The maximum absolute atomic E-state index is 14.6. The van der Waals surface area contributed by atoms with Gasteiger partial charge in [-0.25, -0.2) is 18.3 Å². The number of aromatic nitrogens is 3. The average molecular weight is 394 g/mol. The van der Waals surface area contributed by atoms with E-state index in [0.717, 1.165) is 12.1 Å². The van der Waals surface area contributed by atoms with E-state index >= 15 is 0 Å². The molecule has 1 fully saturated rings. The summed E-state index contributed by atoms with van der Waals surface area (Å²) in [5, 5.41) is 7.49. The molecule has 2 aromatic rings. The van der Waals surface area contributed by atoms with Crippen LogP contribution >= 0.6 is 0 Å². The van der Waals surface area contributed by atoms with Gasteiger partial charge < -0.3 is 9.29 Å². The zero-order valence-corrected chi connectivity index (χ0v) is 15.0. The van der Waals surface area contributed by atoms with Crippen LogP contribution in [0.4, 0.5) is 19.3 Å². The number of carbonyl (C=O) groups excluding carboxylic acids is 1. The summed E-state index contributed by atoms with van der Waals surface area (Å²) < 4.78 is 47.4. The Labute approximate surface area is 156 Å². The lowest BCUT2D eigenvalue weighted by atomic mass is 10.0. The molecule has 0 unspecified atom stereocenters. The van der Waals surface area contributed by atoms with Crippen molar-refractivity contribution in [3.8, 4) is 0 Å². The number of amides is 1. The van der Waals surface area contributed by atoms with Crippen molar-refractivity contribution in [2.24, 2.45) is 0 Å². The Bertz CT molecular complexity index is 867. The molecule has 0 spiro atoms. The number of halogens is 2. The predicted molar refractivity (Wildman–Crippen MR) is 94.5 cm³/mol. The molecule has 2 aliphatic rings. The van der Waals surface area contributed by atoms with Crippen LogP contribution in [0.2, 0.25) is 0 Å². The highest BCUT2D eigenvalue weighted by atomic mass is 32.2. The lowest BCUT2D eigenvalue weighted by Gasteiger charge is -2.19. The number of nitrogens with zero attached hydrogens (tertiary/aromatic N) is 4. The minimum atomic E-state index is -0.979. The van der Waals surface area contributed by atoms with Crippen LogP contribution in [0.5, 0.6) is 0 Å². The van der Waals surface area contributed by atoms with Gasteiger partial charge in [0.15, 0.2) is 0 Å². The molecule has 1 saturated heterocycles. The fourth-order valence-corrected chi connectivity index (χ4v) is 4.22. The van der Waals surface area contributed by atoms with Crippen molar-refractivity contribution in [2.75, 3.05) is 23.0 Å². The van der Waals surface area contributed by atoms with Crippen LogP contribution in [-0.4, -0.2) is 49.8 Å². The van der Waals surface area contributed by atoms with E-state index in [1.807, 2.05) is 0 Å². The summed E-state index contributed by atoms with van der Waals surface area (Å²) in [7, 11) is 0. The van der Waals surface area contributed by atoms with Crippen LogP contribution in [0, 0.1) is 11.6 Å². The summed E-state index contributed by atoms with van der Waals surface area (Å²) in [6, 6.07) is 2.26. The number of carbonyl (C=O) groups is 1. The smallest absolute Gasteiger partial charge is 0.414 e. The van der Waals surface area contributed by atoms with Crippen LogP contribution in [0.15, 0.2) is 30.6 Å². The predicted octanol–water partition coefficient (Wildman–Crippen LogP) is 2.12. The molecular formula is C17H16F2N4O3S. The standard InChI is InChI=1S/C17H16F2N4O3S/c18-14-7-12(8-15(19)16(14)11-1-5-27(25)6-2-11)23-10-13(26-17(23)24)9-22-4-3-20-21-22/h1,3-4,7-8,13H,2,5-6,9-10H2/t13-,27-/m0/s1. The topological polar surface area (TPSA) is 83.3 Å². The van der Waals surface area contributed by atoms with Crippen LogP contribution in [0.1, 0.15) is 12.0 Å². The first-order valence-electron chi connectivity index (χ1n) is 8.37. The first-order valence-corrected chi connectivity index (χ1v) is 9.86. The maximum Gasteiger partial charge on any atom is 0.414 e. The SMILES string of the molecule is O=C1O[C@@H](Cn2ccnn2)CN1c1cc(F)c(C2=CC[S@+]([O-])CC2)c(F)c1. The Morgan fingerprint density at radius 3 is 2.74 bits per heavy atom. The quantitative estimate of drug-likeness (QED) is 0.742. The Balaban J connectivity index is 1.55. The molecule has 3 heterocycles. The molecule has 0 bridgehead atoms. The number of ether oxygens (including phenoxy) is 1. The molecule has 1 aromatic carbocycles. The fourth-order valence-electron chi connectivity index (χ4n) is 3.22. The number of hydrogen-bond donors (Lipinski definition) is 0. The van der Waals surface area contributed by atoms with E-state index in [4.69, 9.17) is 4.74 Å². The van der Waals surface area contributed by atoms with Gasteiger partial charge in [0.2, 0.25) is 0 Å². The van der Waals surface area contributed by atoms with Crippen molar-refractivity contribution in [2.45, 2.75) is 19.1 Å². The highest BCUT2D eigenvalue weighted by Gasteiger charge is 2.34. The molecular weight excluding hydrogens is 378 g/mol. The number of benzene rings is 1. The van der Waals surface area contributed by atoms with E-state index in [1.54, 1.807) is 12.3 Å². The second kappa shape index (κ2) is 7.28. The minimum absolute atomic E-state index is 0.0971. The molecule has 7 nitrogen and oxygen atoms in total. The van der Waals surface area contributed by atoms with E-state index < -0.39 is 35.0 Å². The molecule has 2 aliphatic heterocycles. The normalized spacial score (nSPS) is 22.7. The third-order valence-corrected chi connectivity index (χ3v) is 5.71. The first kappa shape index (κ1) is 17.9. The van der Waals surface area contributed by atoms with E-state index in [-0.39, 0.29) is 17.8 Å². The summed E-state index contributed by atoms with van der Waals surface area (Å²) in [4.78, 5) is 13.3. The lowest BCUT2D eigenvalue weighted by Crippen LogP contribution is -2.26. The number of cyclic esters (lactones) is 1. The summed E-state index contributed by atoms with van der Waals surface area (Å²) >= 11 is -0.979. The molecule has 2 atom stereocenters. The van der Waals surface area contributed by atoms with E-state index in [2.05, 4.69) is 10.3 Å². The maximum atomic E-state index is 14.6. The van der Waals surface area contributed by atoms with Gasteiger partial charge in [-0.15, -0.1) is 5.10 Å². The molecule has 0 saturated carbocycles. The van der Waals surface area contributed by atoms with Crippen LogP contribution in [-0.2, 0) is 22.5 Å². The third-order valence-electron chi connectivity index (χ3n) is 4.51. The molecule has 1 aromatic heterocycles. The van der Waals surface area contributed by atoms with Crippen molar-refractivity contribution in [3.63, 3.8) is 0 Å². The Hall–Kier alpha value is -2.46. The van der Waals surface area contributed by atoms with Crippen molar-refractivity contribution in [1.29, 1.82) is 0 Å². The van der Waals surface area contributed by atoms with Gasteiger partial charge in [-0.2, -0.15) is 0 Å². The average Bonchev–Trinajstić information content (AvgIpc) is 3.26. The van der Waals surface area contributed by atoms with Gasteiger partial charge in [0.05, 0.1) is 25.0 Å². The summed E-state index contributed by atoms with van der Waals surface area (Å²) in [6.45, 7) is 0.452. The minimum Gasteiger partial charge on any atom is -0.616 e. The highest BCUT2D eigenvalue weighted by molar-refractivity contribution is 7.91. The number of anilines is 1. The lowest BCUT2D eigenvalue weighted by molar-refractivity contribution is 0.129. The van der Waals surface area contributed by atoms with Gasteiger partial charge in [0.1, 0.15) is 29.2 Å². The van der Waals surface area contributed by atoms with Crippen molar-refractivity contribution >= 4 is 28.5 Å². The van der Waals surface area contributed by atoms with Gasteiger partial charge in [-0.3, -0.25) is 4.90 Å². The fraction of sp³-hybridized carbons (Fsp3) is 0.353. The third kappa shape index (κ3) is 3.67. The zero-order valence-electron chi connectivity index (χ0n) is 14.2. The second-order valence-corrected chi connectivity index (χ2v) is 7.94. The molecule has 4 rings (SSSR count). The van der Waals surface area contributed by atoms with E-state index in [1.165, 1.54) is 15.8 Å². The number of hydrogen-bond acceptors (Lipinski definition) is 5. The van der Waals surface area contributed by atoms with E-state index in [0.29, 0.717) is 30.0 Å². The highest BCUT2D eigenvalue weighted by Crippen LogP contribution is 2.32. The molecule has 1 amide bonds.